The Morgan fingerprint density at radius 1 is 1.32 bits per heavy atom. The van der Waals surface area contributed by atoms with E-state index < -0.39 is 14.8 Å². The van der Waals surface area contributed by atoms with Gasteiger partial charge in [0.2, 0.25) is 0 Å². The Bertz CT molecular complexity index is 815. The number of nitrogens with one attached hydrogen (secondary N) is 1. The smallest absolute Gasteiger partial charge is 0.304 e. The molecule has 2 atom stereocenters. The first-order chi connectivity index (χ1) is 10.4. The number of nitro groups is 1. The number of sulfone groups is 1. The van der Waals surface area contributed by atoms with Crippen LogP contribution in [0.15, 0.2) is 40.6 Å². The first-order valence-corrected chi connectivity index (χ1v) is 9.37. The fraction of sp³-hybridized carbons (Fsp3) is 0.286. The largest absolute Gasteiger partial charge is 0.368 e. The summed E-state index contributed by atoms with van der Waals surface area (Å²) >= 11 is 0.920. The Morgan fingerprint density at radius 3 is 2.59 bits per heavy atom. The summed E-state index contributed by atoms with van der Waals surface area (Å²) in [4.78, 5) is 10.5. The molecule has 0 spiro atoms. The summed E-state index contributed by atoms with van der Waals surface area (Å²) < 4.78 is 23.1. The molecule has 0 unspecified atom stereocenters. The van der Waals surface area contributed by atoms with E-state index in [-0.39, 0.29) is 15.9 Å². The Morgan fingerprint density at radius 2 is 2.00 bits per heavy atom. The van der Waals surface area contributed by atoms with E-state index in [0.717, 1.165) is 30.1 Å². The predicted molar refractivity (Wildman–Crippen MR) is 85.3 cm³/mol. The molecule has 8 heteroatoms. The Kier molecular flexibility index (Phi) is 3.65. The van der Waals surface area contributed by atoms with E-state index in [4.69, 9.17) is 0 Å². The van der Waals surface area contributed by atoms with Crippen molar-refractivity contribution in [3.8, 4) is 0 Å². The van der Waals surface area contributed by atoms with Gasteiger partial charge in [0.25, 0.3) is 0 Å². The molecule has 1 saturated carbocycles. The zero-order chi connectivity index (χ0) is 15.9. The zero-order valence-corrected chi connectivity index (χ0v) is 13.4. The standard InChI is InChI=1S/C14H14N2O4S2/c1-22(19,20)13-8-12(16(17)18)14(21-13)15-11-7-10(11)9-5-3-2-4-6-9/h2-6,8,10-11,15H,7H2,1H3/t10-,11+/m0/s1. The number of anilines is 1. The van der Waals surface area contributed by atoms with Crippen LogP contribution in [0.25, 0.3) is 0 Å². The molecule has 1 fully saturated rings. The van der Waals surface area contributed by atoms with Gasteiger partial charge in [-0.15, -0.1) is 0 Å². The van der Waals surface area contributed by atoms with E-state index in [0.29, 0.717) is 10.9 Å². The normalized spacial score (nSPS) is 20.6. The highest BCUT2D eigenvalue weighted by atomic mass is 32.2. The second-order valence-corrected chi connectivity index (χ2v) is 8.61. The fourth-order valence-corrected chi connectivity index (χ4v) is 4.37. The third-order valence-electron chi connectivity index (χ3n) is 3.59. The molecule has 1 N–H and O–H groups in total. The molecular weight excluding hydrogens is 324 g/mol. The van der Waals surface area contributed by atoms with E-state index in [1.165, 1.54) is 5.56 Å². The third-order valence-corrected chi connectivity index (χ3v) is 6.44. The van der Waals surface area contributed by atoms with Gasteiger partial charge in [0.15, 0.2) is 14.8 Å². The quantitative estimate of drug-likeness (QED) is 0.668. The lowest BCUT2D eigenvalue weighted by Gasteiger charge is -2.03. The van der Waals surface area contributed by atoms with Crippen molar-refractivity contribution < 1.29 is 13.3 Å². The molecule has 116 valence electrons. The minimum atomic E-state index is -3.45. The molecule has 1 aromatic heterocycles. The van der Waals surface area contributed by atoms with Crippen LogP contribution in [0.2, 0.25) is 0 Å². The second-order valence-electron chi connectivity index (χ2n) is 5.31. The molecule has 22 heavy (non-hydrogen) atoms. The van der Waals surface area contributed by atoms with E-state index in [1.807, 2.05) is 30.3 Å². The molecule has 3 rings (SSSR count). The number of hydrogen-bond acceptors (Lipinski definition) is 6. The summed E-state index contributed by atoms with van der Waals surface area (Å²) in [5, 5.41) is 14.5. The van der Waals surface area contributed by atoms with Gasteiger partial charge in [-0.2, -0.15) is 0 Å². The molecule has 0 saturated heterocycles. The molecular formula is C14H14N2O4S2. The lowest BCUT2D eigenvalue weighted by molar-refractivity contribution is -0.383. The molecule has 1 aliphatic rings. The summed E-state index contributed by atoms with van der Waals surface area (Å²) in [6, 6.07) is 11.1. The van der Waals surface area contributed by atoms with Crippen molar-refractivity contribution in [2.24, 2.45) is 0 Å². The first-order valence-electron chi connectivity index (χ1n) is 6.66. The maximum Gasteiger partial charge on any atom is 0.304 e. The van der Waals surface area contributed by atoms with Crippen LogP contribution in [0.4, 0.5) is 10.7 Å². The van der Waals surface area contributed by atoms with Gasteiger partial charge in [-0.3, -0.25) is 10.1 Å². The van der Waals surface area contributed by atoms with Crippen LogP contribution in [-0.2, 0) is 9.84 Å². The van der Waals surface area contributed by atoms with Crippen LogP contribution in [-0.4, -0.2) is 25.6 Å². The molecule has 1 aromatic carbocycles. The molecule has 2 aromatic rings. The Hall–Kier alpha value is -1.93. The highest BCUT2D eigenvalue weighted by molar-refractivity contribution is 7.92. The van der Waals surface area contributed by atoms with E-state index in [9.17, 15) is 18.5 Å². The third kappa shape index (κ3) is 2.97. The van der Waals surface area contributed by atoms with Gasteiger partial charge in [-0.25, -0.2) is 8.42 Å². The summed E-state index contributed by atoms with van der Waals surface area (Å²) in [6.07, 6.45) is 1.93. The maximum absolute atomic E-state index is 11.6. The number of thiophene rings is 1. The van der Waals surface area contributed by atoms with Gasteiger partial charge < -0.3 is 5.32 Å². The summed E-state index contributed by atoms with van der Waals surface area (Å²) in [5.74, 6) is 0.310. The number of hydrogen-bond donors (Lipinski definition) is 1. The number of rotatable bonds is 5. The first kappa shape index (κ1) is 15.0. The average Bonchev–Trinajstić information content (AvgIpc) is 3.06. The van der Waals surface area contributed by atoms with Gasteiger partial charge in [0, 0.05) is 24.3 Å². The molecule has 0 radical (unpaired) electrons. The van der Waals surface area contributed by atoms with Crippen molar-refractivity contribution in [3.63, 3.8) is 0 Å². The molecule has 0 aliphatic heterocycles. The van der Waals surface area contributed by atoms with Crippen molar-refractivity contribution in [1.29, 1.82) is 0 Å². The summed E-state index contributed by atoms with van der Waals surface area (Å²) in [5.41, 5.74) is 1.01. The van der Waals surface area contributed by atoms with Gasteiger partial charge in [0.05, 0.1) is 4.92 Å². The van der Waals surface area contributed by atoms with Crippen LogP contribution in [0.5, 0.6) is 0 Å². The van der Waals surface area contributed by atoms with Crippen LogP contribution in [0.1, 0.15) is 17.9 Å². The molecule has 6 nitrogen and oxygen atoms in total. The molecule has 0 bridgehead atoms. The van der Waals surface area contributed by atoms with Crippen molar-refractivity contribution in [1.82, 2.24) is 0 Å². The number of nitrogens with zero attached hydrogens (tertiary/aromatic N) is 1. The lowest BCUT2D eigenvalue weighted by atomic mass is 10.1. The minimum Gasteiger partial charge on any atom is -0.368 e. The van der Waals surface area contributed by atoms with Crippen molar-refractivity contribution >= 4 is 31.9 Å². The SMILES string of the molecule is CS(=O)(=O)c1cc([N+](=O)[O-])c(N[C@@H]2C[C@H]2c2ccccc2)s1. The minimum absolute atomic E-state index is 0.0126. The highest BCUT2D eigenvalue weighted by Crippen LogP contribution is 2.46. The molecule has 1 heterocycles. The van der Waals surface area contributed by atoms with Crippen molar-refractivity contribution in [2.45, 2.75) is 22.6 Å². The van der Waals surface area contributed by atoms with Crippen LogP contribution in [0, 0.1) is 10.1 Å². The van der Waals surface area contributed by atoms with Crippen LogP contribution >= 0.6 is 11.3 Å². The Labute approximate surface area is 131 Å². The van der Waals surface area contributed by atoms with E-state index in [1.54, 1.807) is 0 Å². The van der Waals surface area contributed by atoms with Gasteiger partial charge in [0.1, 0.15) is 4.21 Å². The molecule has 0 amide bonds. The van der Waals surface area contributed by atoms with E-state index in [2.05, 4.69) is 5.32 Å². The maximum atomic E-state index is 11.6. The van der Waals surface area contributed by atoms with Crippen LogP contribution < -0.4 is 5.32 Å². The highest BCUT2D eigenvalue weighted by Gasteiger charge is 2.40. The Balaban J connectivity index is 1.82. The average molecular weight is 338 g/mol. The monoisotopic (exact) mass is 338 g/mol. The van der Waals surface area contributed by atoms with Crippen molar-refractivity contribution in [3.05, 3.63) is 52.1 Å². The summed E-state index contributed by atoms with van der Waals surface area (Å²) in [7, 11) is -3.45. The van der Waals surface area contributed by atoms with Gasteiger partial charge in [-0.1, -0.05) is 41.7 Å². The second kappa shape index (κ2) is 5.36. The summed E-state index contributed by atoms with van der Waals surface area (Å²) in [6.45, 7) is 0. The molecule has 1 aliphatic carbocycles. The van der Waals surface area contributed by atoms with E-state index >= 15 is 0 Å². The predicted octanol–water partition coefficient (Wildman–Crippen LogP) is 3.03. The topological polar surface area (TPSA) is 89.3 Å². The zero-order valence-electron chi connectivity index (χ0n) is 11.7. The number of benzene rings is 1. The fourth-order valence-electron chi connectivity index (χ4n) is 2.37. The van der Waals surface area contributed by atoms with Crippen LogP contribution in [0.3, 0.4) is 0 Å². The van der Waals surface area contributed by atoms with Gasteiger partial charge >= 0.3 is 5.69 Å². The van der Waals surface area contributed by atoms with Crippen molar-refractivity contribution in [2.75, 3.05) is 11.6 Å². The lowest BCUT2D eigenvalue weighted by Crippen LogP contribution is -2.04. The van der Waals surface area contributed by atoms with Gasteiger partial charge in [-0.05, 0) is 12.0 Å².